The van der Waals surface area contributed by atoms with Crippen LogP contribution in [0.3, 0.4) is 0 Å². The second-order valence-electron chi connectivity index (χ2n) is 6.37. The molecule has 2 N–H and O–H groups in total. The molecular formula is C18H19N3OS2. The van der Waals surface area contributed by atoms with Gasteiger partial charge in [-0.05, 0) is 38.0 Å². The average Bonchev–Trinajstić information content (AvgIpc) is 3.16. The summed E-state index contributed by atoms with van der Waals surface area (Å²) in [5, 5.41) is 3.18. The molecule has 0 spiro atoms. The molecule has 24 heavy (non-hydrogen) atoms. The van der Waals surface area contributed by atoms with Crippen molar-refractivity contribution in [3.8, 4) is 10.6 Å². The Kier molecular flexibility index (Phi) is 3.90. The standard InChI is InChI=1S/C18H19N3OS2/c1-10(2)21-8-7-11-12(9-23-16(11)15(21)17(19)22)18-20-13-5-3-4-6-14(13)24-18/h3-6,9-10,15H,7-8H2,1-2H3,(H2,19,22). The Labute approximate surface area is 148 Å². The average molecular weight is 358 g/mol. The molecule has 3 aromatic rings. The van der Waals surface area contributed by atoms with Crippen LogP contribution in [0.15, 0.2) is 29.6 Å². The van der Waals surface area contributed by atoms with E-state index in [1.54, 1.807) is 22.7 Å². The quantitative estimate of drug-likeness (QED) is 0.775. The Morgan fingerprint density at radius 2 is 2.17 bits per heavy atom. The third-order valence-electron chi connectivity index (χ3n) is 4.58. The van der Waals surface area contributed by atoms with E-state index in [1.807, 2.05) is 18.2 Å². The first-order chi connectivity index (χ1) is 11.6. The van der Waals surface area contributed by atoms with Crippen molar-refractivity contribution < 1.29 is 4.79 Å². The Balaban J connectivity index is 1.81. The highest BCUT2D eigenvalue weighted by atomic mass is 32.1. The summed E-state index contributed by atoms with van der Waals surface area (Å²) >= 11 is 3.35. The number of nitrogens with zero attached hydrogens (tertiary/aromatic N) is 2. The molecule has 4 nitrogen and oxygen atoms in total. The molecule has 6 heteroatoms. The summed E-state index contributed by atoms with van der Waals surface area (Å²) in [6.07, 6.45) is 0.937. The monoisotopic (exact) mass is 357 g/mol. The van der Waals surface area contributed by atoms with Gasteiger partial charge in [0.15, 0.2) is 0 Å². The molecule has 1 aliphatic rings. The largest absolute Gasteiger partial charge is 0.368 e. The van der Waals surface area contributed by atoms with Gasteiger partial charge in [-0.1, -0.05) is 12.1 Å². The van der Waals surface area contributed by atoms with Crippen LogP contribution in [0.4, 0.5) is 0 Å². The van der Waals surface area contributed by atoms with E-state index < -0.39 is 0 Å². The van der Waals surface area contributed by atoms with E-state index >= 15 is 0 Å². The maximum absolute atomic E-state index is 12.1. The van der Waals surface area contributed by atoms with E-state index in [2.05, 4.69) is 30.2 Å². The summed E-state index contributed by atoms with van der Waals surface area (Å²) in [5.41, 5.74) is 9.19. The lowest BCUT2D eigenvalue weighted by molar-refractivity contribution is -0.124. The number of rotatable bonds is 3. The Hall–Kier alpha value is -1.76. The second kappa shape index (κ2) is 5.95. The first-order valence-electron chi connectivity index (χ1n) is 8.07. The van der Waals surface area contributed by atoms with E-state index in [4.69, 9.17) is 10.7 Å². The second-order valence-corrected chi connectivity index (χ2v) is 8.31. The van der Waals surface area contributed by atoms with Gasteiger partial charge < -0.3 is 5.73 Å². The van der Waals surface area contributed by atoms with Gasteiger partial charge >= 0.3 is 0 Å². The van der Waals surface area contributed by atoms with Crippen molar-refractivity contribution in [2.75, 3.05) is 6.54 Å². The molecule has 0 aliphatic carbocycles. The summed E-state index contributed by atoms with van der Waals surface area (Å²) < 4.78 is 1.19. The van der Waals surface area contributed by atoms with Crippen LogP contribution < -0.4 is 5.73 Å². The van der Waals surface area contributed by atoms with Crippen LogP contribution in [-0.4, -0.2) is 28.4 Å². The van der Waals surface area contributed by atoms with Gasteiger partial charge in [-0.15, -0.1) is 22.7 Å². The van der Waals surface area contributed by atoms with Crippen LogP contribution in [-0.2, 0) is 11.2 Å². The predicted octanol–water partition coefficient (Wildman–Crippen LogP) is 3.82. The number of benzene rings is 1. The van der Waals surface area contributed by atoms with Crippen molar-refractivity contribution in [3.05, 3.63) is 40.1 Å². The zero-order chi connectivity index (χ0) is 16.8. The molecule has 1 amide bonds. The first-order valence-corrected chi connectivity index (χ1v) is 9.77. The van der Waals surface area contributed by atoms with Gasteiger partial charge in [0, 0.05) is 28.4 Å². The van der Waals surface area contributed by atoms with Gasteiger partial charge in [-0.2, -0.15) is 0 Å². The van der Waals surface area contributed by atoms with Gasteiger partial charge in [0.05, 0.1) is 10.2 Å². The Morgan fingerprint density at radius 3 is 2.88 bits per heavy atom. The molecule has 3 heterocycles. The highest BCUT2D eigenvalue weighted by molar-refractivity contribution is 7.22. The van der Waals surface area contributed by atoms with Gasteiger partial charge in [-0.3, -0.25) is 9.69 Å². The third kappa shape index (κ3) is 2.46. The first kappa shape index (κ1) is 15.7. The number of hydrogen-bond donors (Lipinski definition) is 1. The molecule has 1 unspecified atom stereocenters. The lowest BCUT2D eigenvalue weighted by Gasteiger charge is -2.36. The van der Waals surface area contributed by atoms with E-state index in [0.717, 1.165) is 28.4 Å². The molecule has 0 fully saturated rings. The molecular weight excluding hydrogens is 338 g/mol. The zero-order valence-corrected chi connectivity index (χ0v) is 15.3. The van der Waals surface area contributed by atoms with Crippen molar-refractivity contribution in [3.63, 3.8) is 0 Å². The molecule has 2 aromatic heterocycles. The van der Waals surface area contributed by atoms with Crippen LogP contribution in [0.25, 0.3) is 20.8 Å². The number of amides is 1. The van der Waals surface area contributed by atoms with Crippen LogP contribution in [0.2, 0.25) is 0 Å². The molecule has 124 valence electrons. The number of hydrogen-bond acceptors (Lipinski definition) is 5. The maximum atomic E-state index is 12.1. The minimum Gasteiger partial charge on any atom is -0.368 e. The summed E-state index contributed by atoms with van der Waals surface area (Å²) in [4.78, 5) is 20.2. The number of thiazole rings is 1. The fourth-order valence-electron chi connectivity index (χ4n) is 3.42. The van der Waals surface area contributed by atoms with Crippen molar-refractivity contribution >= 4 is 38.8 Å². The highest BCUT2D eigenvalue weighted by Crippen LogP contribution is 2.43. The molecule has 1 atom stereocenters. The SMILES string of the molecule is CC(C)N1CCc2c(-c3nc4ccccc4s3)csc2C1C(N)=O. The number of thiophene rings is 1. The lowest BCUT2D eigenvalue weighted by Crippen LogP contribution is -2.45. The smallest absolute Gasteiger partial charge is 0.240 e. The number of primary amides is 1. The van der Waals surface area contributed by atoms with E-state index in [1.165, 1.54) is 15.8 Å². The molecule has 0 bridgehead atoms. The summed E-state index contributed by atoms with van der Waals surface area (Å²) in [6.45, 7) is 5.08. The zero-order valence-electron chi connectivity index (χ0n) is 13.7. The molecule has 1 aromatic carbocycles. The molecule has 0 radical (unpaired) electrons. The van der Waals surface area contributed by atoms with E-state index in [9.17, 15) is 4.79 Å². The molecule has 1 aliphatic heterocycles. The summed E-state index contributed by atoms with van der Waals surface area (Å²) in [6, 6.07) is 8.17. The lowest BCUT2D eigenvalue weighted by atomic mass is 9.96. The topological polar surface area (TPSA) is 59.2 Å². The molecule has 4 rings (SSSR count). The number of para-hydroxylation sites is 1. The van der Waals surface area contributed by atoms with Crippen molar-refractivity contribution in [1.29, 1.82) is 0 Å². The Morgan fingerprint density at radius 1 is 1.38 bits per heavy atom. The number of carbonyl (C=O) groups is 1. The fraction of sp³-hybridized carbons (Fsp3) is 0.333. The summed E-state index contributed by atoms with van der Waals surface area (Å²) in [5.74, 6) is -0.262. The maximum Gasteiger partial charge on any atom is 0.240 e. The van der Waals surface area contributed by atoms with Gasteiger partial charge in [0.2, 0.25) is 5.91 Å². The van der Waals surface area contributed by atoms with Crippen molar-refractivity contribution in [1.82, 2.24) is 9.88 Å². The van der Waals surface area contributed by atoms with Gasteiger partial charge in [0.1, 0.15) is 11.0 Å². The Bertz CT molecular complexity index is 879. The van der Waals surface area contributed by atoms with Crippen LogP contribution in [0.5, 0.6) is 0 Å². The molecule has 0 saturated heterocycles. The van der Waals surface area contributed by atoms with Crippen LogP contribution >= 0.6 is 22.7 Å². The predicted molar refractivity (Wildman–Crippen MR) is 100 cm³/mol. The van der Waals surface area contributed by atoms with Gasteiger partial charge in [0.25, 0.3) is 0 Å². The van der Waals surface area contributed by atoms with Crippen molar-refractivity contribution in [2.45, 2.75) is 32.4 Å². The van der Waals surface area contributed by atoms with E-state index in [0.29, 0.717) is 6.04 Å². The van der Waals surface area contributed by atoms with Crippen LogP contribution in [0, 0.1) is 0 Å². The van der Waals surface area contributed by atoms with Gasteiger partial charge in [-0.25, -0.2) is 4.98 Å². The molecule has 0 saturated carbocycles. The van der Waals surface area contributed by atoms with Crippen LogP contribution in [0.1, 0.15) is 30.3 Å². The number of fused-ring (bicyclic) bond motifs is 2. The normalized spacial score (nSPS) is 18.2. The third-order valence-corrected chi connectivity index (χ3v) is 6.73. The minimum absolute atomic E-state index is 0.262. The van der Waals surface area contributed by atoms with E-state index in [-0.39, 0.29) is 11.9 Å². The van der Waals surface area contributed by atoms with Crippen molar-refractivity contribution in [2.24, 2.45) is 5.73 Å². The minimum atomic E-state index is -0.318. The number of carbonyl (C=O) groups excluding carboxylic acids is 1. The highest BCUT2D eigenvalue weighted by Gasteiger charge is 2.36. The number of nitrogens with two attached hydrogens (primary N) is 1. The number of aromatic nitrogens is 1. The fourth-order valence-corrected chi connectivity index (χ4v) is 5.74. The summed E-state index contributed by atoms with van der Waals surface area (Å²) in [7, 11) is 0.